The first-order valence-corrected chi connectivity index (χ1v) is 8.68. The fourth-order valence-electron chi connectivity index (χ4n) is 2.81. The molecule has 27 heavy (non-hydrogen) atoms. The van der Waals surface area contributed by atoms with E-state index in [-0.39, 0.29) is 17.9 Å². The van der Waals surface area contributed by atoms with Crippen LogP contribution >= 0.6 is 0 Å². The summed E-state index contributed by atoms with van der Waals surface area (Å²) in [5, 5.41) is 9.08. The van der Waals surface area contributed by atoms with Crippen LogP contribution in [-0.2, 0) is 17.6 Å². The van der Waals surface area contributed by atoms with Gasteiger partial charge in [0.1, 0.15) is 11.6 Å². The third-order valence-electron chi connectivity index (χ3n) is 4.46. The number of aromatic amines is 1. The van der Waals surface area contributed by atoms with Crippen molar-refractivity contribution >= 4 is 11.8 Å². The Kier molecular flexibility index (Phi) is 6.50. The molecule has 0 spiro atoms. The molecule has 2 aromatic rings. The Hall–Kier alpha value is -3.40. The number of nitrogens with zero attached hydrogens (tertiary/aromatic N) is 1. The maximum absolute atomic E-state index is 12.1. The summed E-state index contributed by atoms with van der Waals surface area (Å²) in [4.78, 5) is 38.4. The van der Waals surface area contributed by atoms with Gasteiger partial charge in [-0.2, -0.15) is 5.26 Å². The first kappa shape index (κ1) is 19.9. The first-order chi connectivity index (χ1) is 12.9. The number of pyridine rings is 1. The first-order valence-electron chi connectivity index (χ1n) is 8.68. The molecule has 0 aliphatic carbocycles. The summed E-state index contributed by atoms with van der Waals surface area (Å²) in [5.74, 6) is -0.758. The van der Waals surface area contributed by atoms with E-state index in [1.807, 2.05) is 25.1 Å². The van der Waals surface area contributed by atoms with Crippen LogP contribution in [0.2, 0.25) is 0 Å². The van der Waals surface area contributed by atoms with Crippen molar-refractivity contribution in [2.75, 3.05) is 0 Å². The van der Waals surface area contributed by atoms with Crippen LogP contribution in [0.5, 0.6) is 0 Å². The van der Waals surface area contributed by atoms with Crippen LogP contribution in [-0.4, -0.2) is 16.8 Å². The smallest absolute Gasteiger partial charge is 0.269 e. The van der Waals surface area contributed by atoms with Crippen molar-refractivity contribution in [3.05, 3.63) is 68.1 Å². The number of hydrazine groups is 1. The predicted octanol–water partition coefficient (Wildman–Crippen LogP) is 1.82. The molecule has 0 fully saturated rings. The van der Waals surface area contributed by atoms with E-state index in [9.17, 15) is 14.4 Å². The number of hydrogen-bond donors (Lipinski definition) is 3. The maximum atomic E-state index is 12.1. The summed E-state index contributed by atoms with van der Waals surface area (Å²) < 4.78 is 0. The molecule has 1 heterocycles. The molecule has 7 heteroatoms. The van der Waals surface area contributed by atoms with Gasteiger partial charge in [0.2, 0.25) is 5.91 Å². The van der Waals surface area contributed by atoms with Gasteiger partial charge in [-0.1, -0.05) is 19.1 Å². The summed E-state index contributed by atoms with van der Waals surface area (Å²) in [6.07, 6.45) is 1.33. The molecule has 0 radical (unpaired) electrons. The zero-order valence-electron chi connectivity index (χ0n) is 15.6. The predicted molar refractivity (Wildman–Crippen MR) is 101 cm³/mol. The van der Waals surface area contributed by atoms with Crippen molar-refractivity contribution in [2.45, 2.75) is 40.0 Å². The van der Waals surface area contributed by atoms with Crippen LogP contribution in [0.4, 0.5) is 0 Å². The van der Waals surface area contributed by atoms with Crippen LogP contribution in [0.3, 0.4) is 0 Å². The summed E-state index contributed by atoms with van der Waals surface area (Å²) in [6, 6.07) is 9.03. The van der Waals surface area contributed by atoms with Crippen LogP contribution in [0.15, 0.2) is 29.1 Å². The normalized spacial score (nSPS) is 10.1. The largest absolute Gasteiger partial charge is 0.325 e. The molecule has 1 aromatic heterocycles. The average molecular weight is 366 g/mol. The van der Waals surface area contributed by atoms with Gasteiger partial charge < -0.3 is 4.98 Å². The minimum atomic E-state index is -0.429. The van der Waals surface area contributed by atoms with Gasteiger partial charge in [0.05, 0.1) is 0 Å². The number of hydrogen-bond acceptors (Lipinski definition) is 4. The van der Waals surface area contributed by atoms with Gasteiger partial charge in [0, 0.05) is 17.7 Å². The zero-order chi connectivity index (χ0) is 20.0. The lowest BCUT2D eigenvalue weighted by Gasteiger charge is -2.11. The molecule has 0 aliphatic rings. The van der Waals surface area contributed by atoms with Crippen LogP contribution in [0.25, 0.3) is 0 Å². The summed E-state index contributed by atoms with van der Waals surface area (Å²) in [7, 11) is 0. The molecule has 0 saturated heterocycles. The highest BCUT2D eigenvalue weighted by molar-refractivity contribution is 5.95. The van der Waals surface area contributed by atoms with Gasteiger partial charge in [0.25, 0.3) is 11.5 Å². The second kappa shape index (κ2) is 8.81. The van der Waals surface area contributed by atoms with Crippen molar-refractivity contribution in [3.63, 3.8) is 0 Å². The lowest BCUT2D eigenvalue weighted by molar-refractivity contribution is -0.121. The molecule has 2 amide bonds. The SMILES string of the molecule is CCc1ccc(C(=O)NNC(=O)CCc2c(C)[nH]c(=O)c(C#N)c2C)cc1. The number of aryl methyl sites for hydroxylation is 2. The topological polar surface area (TPSA) is 115 Å². The molecule has 0 bridgehead atoms. The second-order valence-corrected chi connectivity index (χ2v) is 6.22. The number of nitriles is 1. The Bertz CT molecular complexity index is 953. The molecule has 7 nitrogen and oxygen atoms in total. The summed E-state index contributed by atoms with van der Waals surface area (Å²) in [5.41, 5.74) is 7.93. The van der Waals surface area contributed by atoms with E-state index in [4.69, 9.17) is 5.26 Å². The summed E-state index contributed by atoms with van der Waals surface area (Å²) in [6.45, 7) is 5.45. The van der Waals surface area contributed by atoms with E-state index in [0.717, 1.165) is 17.5 Å². The molecular formula is C20H22N4O3. The van der Waals surface area contributed by atoms with E-state index >= 15 is 0 Å². The van der Waals surface area contributed by atoms with Gasteiger partial charge >= 0.3 is 0 Å². The number of carbonyl (C=O) groups is 2. The number of amides is 2. The van der Waals surface area contributed by atoms with Crippen LogP contribution in [0.1, 0.15) is 51.7 Å². The lowest BCUT2D eigenvalue weighted by Crippen LogP contribution is -2.41. The molecule has 0 saturated carbocycles. The molecule has 0 unspecified atom stereocenters. The number of rotatable bonds is 5. The van der Waals surface area contributed by atoms with E-state index < -0.39 is 11.5 Å². The maximum Gasteiger partial charge on any atom is 0.269 e. The molecule has 140 valence electrons. The van der Waals surface area contributed by atoms with Crippen molar-refractivity contribution < 1.29 is 9.59 Å². The average Bonchev–Trinajstić information content (AvgIpc) is 2.66. The third kappa shape index (κ3) is 4.82. The van der Waals surface area contributed by atoms with Gasteiger partial charge in [0.15, 0.2) is 0 Å². The third-order valence-corrected chi connectivity index (χ3v) is 4.46. The monoisotopic (exact) mass is 366 g/mol. The van der Waals surface area contributed by atoms with Gasteiger partial charge in [-0.25, -0.2) is 0 Å². The Morgan fingerprint density at radius 1 is 1.15 bits per heavy atom. The minimum absolute atomic E-state index is 0.0554. The Morgan fingerprint density at radius 3 is 2.41 bits per heavy atom. The molecule has 2 rings (SSSR count). The van der Waals surface area contributed by atoms with E-state index in [1.165, 1.54) is 0 Å². The summed E-state index contributed by atoms with van der Waals surface area (Å²) >= 11 is 0. The molecule has 1 aromatic carbocycles. The van der Waals surface area contributed by atoms with Gasteiger partial charge in [-0.15, -0.1) is 0 Å². The number of aromatic nitrogens is 1. The quantitative estimate of drug-likeness (QED) is 0.700. The second-order valence-electron chi connectivity index (χ2n) is 6.22. The Morgan fingerprint density at radius 2 is 1.81 bits per heavy atom. The zero-order valence-corrected chi connectivity index (χ0v) is 15.6. The number of carbonyl (C=O) groups excluding carboxylic acids is 2. The van der Waals surface area contributed by atoms with Crippen molar-refractivity contribution in [1.29, 1.82) is 5.26 Å². The van der Waals surface area contributed by atoms with E-state index in [0.29, 0.717) is 23.2 Å². The van der Waals surface area contributed by atoms with Crippen LogP contribution in [0, 0.1) is 25.2 Å². The highest BCUT2D eigenvalue weighted by Crippen LogP contribution is 2.14. The Balaban J connectivity index is 1.94. The van der Waals surface area contributed by atoms with Crippen molar-refractivity contribution in [2.24, 2.45) is 0 Å². The minimum Gasteiger partial charge on any atom is -0.325 e. The van der Waals surface area contributed by atoms with Crippen molar-refractivity contribution in [3.8, 4) is 6.07 Å². The number of benzene rings is 1. The standard InChI is InChI=1S/C20H22N4O3/c1-4-14-5-7-15(8-6-14)19(26)24-23-18(25)10-9-16-12(2)17(11-21)20(27)22-13(16)3/h5-8H,4,9-10H2,1-3H3,(H,22,27)(H,23,25)(H,24,26). The van der Waals surface area contributed by atoms with Gasteiger partial charge in [-0.05, 0) is 55.5 Å². The Labute approximate surface area is 157 Å². The fourth-order valence-corrected chi connectivity index (χ4v) is 2.81. The van der Waals surface area contributed by atoms with Crippen molar-refractivity contribution in [1.82, 2.24) is 15.8 Å². The highest BCUT2D eigenvalue weighted by atomic mass is 16.2. The number of H-pyrrole nitrogens is 1. The van der Waals surface area contributed by atoms with Gasteiger partial charge in [-0.3, -0.25) is 25.2 Å². The molecular weight excluding hydrogens is 344 g/mol. The lowest BCUT2D eigenvalue weighted by atomic mass is 9.99. The van der Waals surface area contributed by atoms with Crippen LogP contribution < -0.4 is 16.4 Å². The molecule has 0 aliphatic heterocycles. The van der Waals surface area contributed by atoms with E-state index in [1.54, 1.807) is 26.0 Å². The van der Waals surface area contributed by atoms with E-state index in [2.05, 4.69) is 15.8 Å². The molecule has 0 atom stereocenters. The number of nitrogens with one attached hydrogen (secondary N) is 3. The molecule has 3 N–H and O–H groups in total. The highest BCUT2D eigenvalue weighted by Gasteiger charge is 2.14. The fraction of sp³-hybridized carbons (Fsp3) is 0.300.